The Hall–Kier alpha value is -3.07. The van der Waals surface area contributed by atoms with Gasteiger partial charge in [0.2, 0.25) is 5.91 Å². The van der Waals surface area contributed by atoms with Crippen molar-refractivity contribution in [2.45, 2.75) is 57.4 Å². The molecule has 0 spiro atoms. The molecule has 1 N–H and O–H groups in total. The van der Waals surface area contributed by atoms with Crippen LogP contribution in [0.25, 0.3) is 0 Å². The Morgan fingerprint density at radius 3 is 1.73 bits per heavy atom. The predicted molar refractivity (Wildman–Crippen MR) is 139 cm³/mol. The summed E-state index contributed by atoms with van der Waals surface area (Å²) in [5.74, 6) is -0.204. The van der Waals surface area contributed by atoms with Crippen molar-refractivity contribution < 1.29 is 28.5 Å². The maximum absolute atomic E-state index is 12.1. The van der Waals surface area contributed by atoms with Gasteiger partial charge in [0.05, 0.1) is 26.4 Å². The Morgan fingerprint density at radius 2 is 1.24 bits per heavy atom. The van der Waals surface area contributed by atoms with Gasteiger partial charge in [-0.3, -0.25) is 4.79 Å². The molecule has 1 amide bonds. The van der Waals surface area contributed by atoms with Crippen LogP contribution in [-0.2, 0) is 48.3 Å². The van der Waals surface area contributed by atoms with Crippen LogP contribution < -0.4 is 5.32 Å². The van der Waals surface area contributed by atoms with E-state index in [1.807, 2.05) is 91.0 Å². The van der Waals surface area contributed by atoms with Crippen LogP contribution in [0.5, 0.6) is 0 Å². The Morgan fingerprint density at radius 1 is 0.757 bits per heavy atom. The molecule has 1 aliphatic heterocycles. The predicted octanol–water partition coefficient (Wildman–Crippen LogP) is 4.25. The zero-order chi connectivity index (χ0) is 25.9. The molecule has 0 saturated carbocycles. The van der Waals surface area contributed by atoms with Crippen molar-refractivity contribution in [1.82, 2.24) is 5.32 Å². The van der Waals surface area contributed by atoms with Gasteiger partial charge < -0.3 is 29.0 Å². The lowest BCUT2D eigenvalue weighted by molar-refractivity contribution is -0.284. The van der Waals surface area contributed by atoms with E-state index in [9.17, 15) is 4.79 Å². The van der Waals surface area contributed by atoms with Gasteiger partial charge in [0, 0.05) is 14.0 Å². The molecule has 1 heterocycles. The first-order chi connectivity index (χ1) is 18.1. The average molecular weight is 506 g/mol. The Balaban J connectivity index is 1.56. The van der Waals surface area contributed by atoms with Gasteiger partial charge >= 0.3 is 0 Å². The van der Waals surface area contributed by atoms with Crippen molar-refractivity contribution in [3.63, 3.8) is 0 Å². The average Bonchev–Trinajstić information content (AvgIpc) is 2.93. The first-order valence-corrected chi connectivity index (χ1v) is 12.5. The number of benzene rings is 3. The summed E-state index contributed by atoms with van der Waals surface area (Å²) >= 11 is 0. The van der Waals surface area contributed by atoms with Gasteiger partial charge in [-0.15, -0.1) is 0 Å². The molecule has 1 aliphatic rings. The molecule has 4 rings (SSSR count). The fourth-order valence-electron chi connectivity index (χ4n) is 4.43. The van der Waals surface area contributed by atoms with Gasteiger partial charge in [0.1, 0.15) is 24.4 Å². The van der Waals surface area contributed by atoms with Gasteiger partial charge in [-0.25, -0.2) is 0 Å². The second kappa shape index (κ2) is 14.0. The SMILES string of the molecule is CO[C@H]1O[C@H](COCc2ccccc2)[C@@H](OCc2ccccc2)[C@H](OCc2ccccc2)[C@@H]1NC(C)=O. The van der Waals surface area contributed by atoms with Crippen LogP contribution in [0.1, 0.15) is 23.6 Å². The van der Waals surface area contributed by atoms with Crippen molar-refractivity contribution in [3.05, 3.63) is 108 Å². The van der Waals surface area contributed by atoms with Crippen molar-refractivity contribution in [3.8, 4) is 0 Å². The normalized spacial score (nSPS) is 23.5. The fourth-order valence-corrected chi connectivity index (χ4v) is 4.43. The monoisotopic (exact) mass is 505 g/mol. The molecule has 37 heavy (non-hydrogen) atoms. The Kier molecular flexibility index (Phi) is 10.2. The zero-order valence-corrected chi connectivity index (χ0v) is 21.3. The highest BCUT2D eigenvalue weighted by molar-refractivity contribution is 5.73. The summed E-state index contributed by atoms with van der Waals surface area (Å²) < 4.78 is 30.9. The molecular weight excluding hydrogens is 470 g/mol. The van der Waals surface area contributed by atoms with Crippen molar-refractivity contribution in [2.24, 2.45) is 0 Å². The molecular formula is C30H35NO6. The van der Waals surface area contributed by atoms with E-state index in [0.717, 1.165) is 16.7 Å². The van der Waals surface area contributed by atoms with Crippen LogP contribution in [0.15, 0.2) is 91.0 Å². The quantitative estimate of drug-likeness (QED) is 0.397. The van der Waals surface area contributed by atoms with Crippen LogP contribution >= 0.6 is 0 Å². The minimum absolute atomic E-state index is 0.204. The number of ether oxygens (including phenoxy) is 5. The molecule has 0 aromatic heterocycles. The van der Waals surface area contributed by atoms with E-state index in [4.69, 9.17) is 23.7 Å². The number of hydrogen-bond donors (Lipinski definition) is 1. The van der Waals surface area contributed by atoms with Gasteiger partial charge in [0.15, 0.2) is 6.29 Å². The summed E-state index contributed by atoms with van der Waals surface area (Å²) in [5.41, 5.74) is 3.11. The summed E-state index contributed by atoms with van der Waals surface area (Å²) in [6.07, 6.45) is -2.28. The van der Waals surface area contributed by atoms with Gasteiger partial charge in [-0.1, -0.05) is 91.0 Å². The highest BCUT2D eigenvalue weighted by Crippen LogP contribution is 2.29. The maximum Gasteiger partial charge on any atom is 0.217 e. The molecule has 3 aromatic rings. The molecule has 0 radical (unpaired) electrons. The largest absolute Gasteiger partial charge is 0.374 e. The first-order valence-electron chi connectivity index (χ1n) is 12.5. The van der Waals surface area contributed by atoms with Gasteiger partial charge in [-0.05, 0) is 16.7 Å². The number of carbonyl (C=O) groups excluding carboxylic acids is 1. The third kappa shape index (κ3) is 7.95. The second-order valence-corrected chi connectivity index (χ2v) is 9.03. The number of rotatable bonds is 12. The lowest BCUT2D eigenvalue weighted by Crippen LogP contribution is -2.65. The maximum atomic E-state index is 12.1. The molecule has 5 atom stereocenters. The number of nitrogens with one attached hydrogen (secondary N) is 1. The van der Waals surface area contributed by atoms with Crippen LogP contribution in [0.3, 0.4) is 0 Å². The minimum atomic E-state index is -0.730. The lowest BCUT2D eigenvalue weighted by atomic mass is 9.96. The van der Waals surface area contributed by atoms with E-state index >= 15 is 0 Å². The summed E-state index contributed by atoms with van der Waals surface area (Å²) in [4.78, 5) is 12.1. The van der Waals surface area contributed by atoms with E-state index < -0.39 is 30.6 Å². The molecule has 0 bridgehead atoms. The zero-order valence-electron chi connectivity index (χ0n) is 21.3. The molecule has 0 unspecified atom stereocenters. The number of carbonyl (C=O) groups is 1. The molecule has 0 aliphatic carbocycles. The van der Waals surface area contributed by atoms with Crippen molar-refractivity contribution in [1.29, 1.82) is 0 Å². The standard InChI is InChI=1S/C30H35NO6/c1-22(32)31-27-29(36-20-25-16-10-5-11-17-25)28(35-19-24-14-8-4-9-15-24)26(37-30(27)33-2)21-34-18-23-12-6-3-7-13-23/h3-17,26-30H,18-21H2,1-2H3,(H,31,32)/t26-,27+,28-,29-,30+/m1/s1. The molecule has 7 nitrogen and oxygen atoms in total. The van der Waals surface area contributed by atoms with Gasteiger partial charge in [-0.2, -0.15) is 0 Å². The van der Waals surface area contributed by atoms with Crippen LogP contribution in [0.4, 0.5) is 0 Å². The van der Waals surface area contributed by atoms with Crippen LogP contribution in [0, 0.1) is 0 Å². The lowest BCUT2D eigenvalue weighted by Gasteiger charge is -2.45. The Bertz CT molecular complexity index is 1070. The Labute approximate surface area is 218 Å². The van der Waals surface area contributed by atoms with Crippen molar-refractivity contribution >= 4 is 5.91 Å². The number of methoxy groups -OCH3 is 1. The van der Waals surface area contributed by atoms with E-state index in [1.54, 1.807) is 7.11 Å². The van der Waals surface area contributed by atoms with Crippen LogP contribution in [0.2, 0.25) is 0 Å². The van der Waals surface area contributed by atoms with E-state index in [0.29, 0.717) is 19.8 Å². The number of amides is 1. The molecule has 1 fully saturated rings. The first kappa shape index (κ1) is 27.0. The minimum Gasteiger partial charge on any atom is -0.374 e. The smallest absolute Gasteiger partial charge is 0.217 e. The summed E-state index contributed by atoms with van der Waals surface area (Å²) in [7, 11) is 1.56. The molecule has 7 heteroatoms. The van der Waals surface area contributed by atoms with Crippen LogP contribution in [-0.4, -0.2) is 50.3 Å². The number of hydrogen-bond acceptors (Lipinski definition) is 6. The highest BCUT2D eigenvalue weighted by Gasteiger charge is 2.48. The highest BCUT2D eigenvalue weighted by atomic mass is 16.7. The molecule has 3 aromatic carbocycles. The van der Waals surface area contributed by atoms with E-state index in [1.165, 1.54) is 6.92 Å². The summed E-state index contributed by atoms with van der Waals surface area (Å²) in [6.45, 7) is 2.89. The van der Waals surface area contributed by atoms with Gasteiger partial charge in [0.25, 0.3) is 0 Å². The van der Waals surface area contributed by atoms with E-state index in [2.05, 4.69) is 5.32 Å². The summed E-state index contributed by atoms with van der Waals surface area (Å²) in [6, 6.07) is 29.2. The third-order valence-corrected chi connectivity index (χ3v) is 6.21. The summed E-state index contributed by atoms with van der Waals surface area (Å²) in [5, 5.41) is 2.97. The topological polar surface area (TPSA) is 75.2 Å². The fraction of sp³-hybridized carbons (Fsp3) is 0.367. The van der Waals surface area contributed by atoms with E-state index in [-0.39, 0.29) is 12.5 Å². The van der Waals surface area contributed by atoms with Crippen molar-refractivity contribution in [2.75, 3.05) is 13.7 Å². The third-order valence-electron chi connectivity index (χ3n) is 6.21. The second-order valence-electron chi connectivity index (χ2n) is 9.03. The molecule has 1 saturated heterocycles. The molecule has 196 valence electrons.